The molecule has 0 aromatic heterocycles. The first-order chi connectivity index (χ1) is 9.08. The lowest BCUT2D eigenvalue weighted by Gasteiger charge is -2.28. The molecule has 1 amide bonds. The van der Waals surface area contributed by atoms with Crippen molar-refractivity contribution in [1.29, 1.82) is 0 Å². The van der Waals surface area contributed by atoms with Crippen LogP contribution in [0.15, 0.2) is 22.7 Å². The maximum atomic E-state index is 12.0. The number of nitrogens with zero attached hydrogens (tertiary/aromatic N) is 1. The van der Waals surface area contributed by atoms with Gasteiger partial charge in [0.15, 0.2) is 0 Å². The molecule has 0 saturated carbocycles. The molecule has 2 rings (SSSR count). The summed E-state index contributed by atoms with van der Waals surface area (Å²) in [6.07, 6.45) is 2.16. The molecule has 102 valence electrons. The van der Waals surface area contributed by atoms with Crippen LogP contribution in [0.3, 0.4) is 0 Å². The van der Waals surface area contributed by atoms with Gasteiger partial charge in [-0.15, -0.1) is 0 Å². The van der Waals surface area contributed by atoms with Gasteiger partial charge < -0.3 is 9.64 Å². The molecule has 19 heavy (non-hydrogen) atoms. The maximum absolute atomic E-state index is 12.0. The second-order valence-electron chi connectivity index (χ2n) is 4.76. The third kappa shape index (κ3) is 3.80. The van der Waals surface area contributed by atoms with Crippen LogP contribution in [-0.2, 0) is 9.53 Å². The standard InChI is InChI=1S/C14H16BrNO3/c1-10-6-11(8-12(15)7-10)14(18)19-13-2-4-16(9-17)5-3-13/h6-9,13H,2-5H2,1H3. The summed E-state index contributed by atoms with van der Waals surface area (Å²) in [5, 5.41) is 0. The smallest absolute Gasteiger partial charge is 0.338 e. The summed E-state index contributed by atoms with van der Waals surface area (Å²) in [6, 6.07) is 5.52. The molecule has 0 bridgehead atoms. The van der Waals surface area contributed by atoms with Crippen LogP contribution in [-0.4, -0.2) is 36.5 Å². The normalized spacial score (nSPS) is 16.2. The first-order valence-corrected chi connectivity index (χ1v) is 7.05. The number of hydrogen-bond donors (Lipinski definition) is 0. The van der Waals surface area contributed by atoms with Gasteiger partial charge in [-0.25, -0.2) is 4.79 Å². The van der Waals surface area contributed by atoms with Crippen molar-refractivity contribution in [2.45, 2.75) is 25.9 Å². The summed E-state index contributed by atoms with van der Waals surface area (Å²) in [6.45, 7) is 3.24. The third-order valence-corrected chi connectivity index (χ3v) is 3.64. The number of esters is 1. The number of halogens is 1. The van der Waals surface area contributed by atoms with Crippen molar-refractivity contribution in [3.05, 3.63) is 33.8 Å². The molecule has 1 aromatic rings. The van der Waals surface area contributed by atoms with Gasteiger partial charge in [0.1, 0.15) is 6.10 Å². The van der Waals surface area contributed by atoms with E-state index < -0.39 is 0 Å². The number of carbonyl (C=O) groups excluding carboxylic acids is 2. The predicted octanol–water partition coefficient (Wildman–Crippen LogP) is 2.54. The van der Waals surface area contributed by atoms with Gasteiger partial charge in [-0.3, -0.25) is 4.79 Å². The second kappa shape index (κ2) is 6.19. The minimum Gasteiger partial charge on any atom is -0.459 e. The van der Waals surface area contributed by atoms with Crippen molar-refractivity contribution in [1.82, 2.24) is 4.90 Å². The van der Waals surface area contributed by atoms with E-state index in [1.54, 1.807) is 11.0 Å². The first-order valence-electron chi connectivity index (χ1n) is 6.26. The lowest BCUT2D eigenvalue weighted by atomic mass is 10.1. The van der Waals surface area contributed by atoms with Crippen LogP contribution >= 0.6 is 15.9 Å². The SMILES string of the molecule is Cc1cc(Br)cc(C(=O)OC2CCN(C=O)CC2)c1. The average Bonchev–Trinajstić information content (AvgIpc) is 2.38. The number of carbonyl (C=O) groups is 2. The van der Waals surface area contributed by atoms with Crippen LogP contribution in [0.25, 0.3) is 0 Å². The first kappa shape index (κ1) is 14.1. The molecule has 1 fully saturated rings. The van der Waals surface area contributed by atoms with Crippen LogP contribution < -0.4 is 0 Å². The zero-order valence-corrected chi connectivity index (χ0v) is 12.4. The van der Waals surface area contributed by atoms with Gasteiger partial charge in [0.05, 0.1) is 5.56 Å². The molecule has 4 nitrogen and oxygen atoms in total. The number of rotatable bonds is 3. The largest absolute Gasteiger partial charge is 0.459 e. The van der Waals surface area contributed by atoms with Crippen LogP contribution in [0, 0.1) is 6.92 Å². The Hall–Kier alpha value is -1.36. The van der Waals surface area contributed by atoms with Crippen molar-refractivity contribution in [3.63, 3.8) is 0 Å². The summed E-state index contributed by atoms with van der Waals surface area (Å²) in [5.41, 5.74) is 1.57. The molecular weight excluding hydrogens is 310 g/mol. The van der Waals surface area contributed by atoms with Gasteiger partial charge in [-0.05, 0) is 30.7 Å². The Balaban J connectivity index is 1.96. The summed E-state index contributed by atoms with van der Waals surface area (Å²) in [4.78, 5) is 24.3. The van der Waals surface area contributed by atoms with Gasteiger partial charge in [0, 0.05) is 30.4 Å². The molecule has 1 heterocycles. The number of likely N-dealkylation sites (tertiary alicyclic amines) is 1. The summed E-state index contributed by atoms with van der Waals surface area (Å²) in [5.74, 6) is -0.297. The van der Waals surface area contributed by atoms with Gasteiger partial charge in [-0.2, -0.15) is 0 Å². The van der Waals surface area contributed by atoms with E-state index in [4.69, 9.17) is 4.74 Å². The topological polar surface area (TPSA) is 46.6 Å². The Morgan fingerprint density at radius 3 is 2.63 bits per heavy atom. The fourth-order valence-corrected chi connectivity index (χ4v) is 2.78. The quantitative estimate of drug-likeness (QED) is 0.633. The van der Waals surface area contributed by atoms with Crippen molar-refractivity contribution >= 4 is 28.3 Å². The van der Waals surface area contributed by atoms with Gasteiger partial charge >= 0.3 is 5.97 Å². The molecule has 0 aliphatic carbocycles. The van der Waals surface area contributed by atoms with Crippen molar-refractivity contribution in [2.75, 3.05) is 13.1 Å². The molecule has 0 N–H and O–H groups in total. The van der Waals surface area contributed by atoms with E-state index in [0.29, 0.717) is 31.5 Å². The van der Waals surface area contributed by atoms with E-state index in [-0.39, 0.29) is 12.1 Å². The molecule has 1 saturated heterocycles. The molecule has 1 aliphatic heterocycles. The predicted molar refractivity (Wildman–Crippen MR) is 75.0 cm³/mol. The summed E-state index contributed by atoms with van der Waals surface area (Å²) >= 11 is 3.37. The summed E-state index contributed by atoms with van der Waals surface area (Å²) < 4.78 is 6.35. The third-order valence-electron chi connectivity index (χ3n) is 3.18. The molecule has 0 spiro atoms. The lowest BCUT2D eigenvalue weighted by molar-refractivity contribution is -0.120. The fraction of sp³-hybridized carbons (Fsp3) is 0.429. The van der Waals surface area contributed by atoms with Crippen LogP contribution in [0.2, 0.25) is 0 Å². The number of hydrogen-bond acceptors (Lipinski definition) is 3. The summed E-state index contributed by atoms with van der Waals surface area (Å²) in [7, 11) is 0. The van der Waals surface area contributed by atoms with Crippen molar-refractivity contribution in [3.8, 4) is 0 Å². The Morgan fingerprint density at radius 2 is 2.05 bits per heavy atom. The van der Waals surface area contributed by atoms with Crippen LogP contribution in [0.5, 0.6) is 0 Å². The lowest BCUT2D eigenvalue weighted by Crippen LogP contribution is -2.36. The van der Waals surface area contributed by atoms with Gasteiger partial charge in [0.25, 0.3) is 0 Å². The van der Waals surface area contributed by atoms with Gasteiger partial charge in [0.2, 0.25) is 6.41 Å². The van der Waals surface area contributed by atoms with E-state index in [2.05, 4.69) is 15.9 Å². The van der Waals surface area contributed by atoms with Crippen LogP contribution in [0.4, 0.5) is 0 Å². The van der Waals surface area contributed by atoms with E-state index in [9.17, 15) is 9.59 Å². The van der Waals surface area contributed by atoms with Gasteiger partial charge in [-0.1, -0.05) is 15.9 Å². The van der Waals surface area contributed by atoms with Crippen LogP contribution in [0.1, 0.15) is 28.8 Å². The minimum absolute atomic E-state index is 0.0945. The average molecular weight is 326 g/mol. The molecule has 5 heteroatoms. The molecule has 0 atom stereocenters. The van der Waals surface area contributed by atoms with E-state index in [1.807, 2.05) is 19.1 Å². The number of amides is 1. The van der Waals surface area contributed by atoms with Crippen molar-refractivity contribution < 1.29 is 14.3 Å². The molecule has 1 aromatic carbocycles. The number of aryl methyl sites for hydroxylation is 1. The zero-order valence-electron chi connectivity index (χ0n) is 10.8. The highest BCUT2D eigenvalue weighted by atomic mass is 79.9. The highest BCUT2D eigenvalue weighted by molar-refractivity contribution is 9.10. The number of piperidine rings is 1. The highest BCUT2D eigenvalue weighted by Gasteiger charge is 2.22. The number of ether oxygens (including phenoxy) is 1. The minimum atomic E-state index is -0.297. The Labute approximate surface area is 120 Å². The Bertz CT molecular complexity index is 461. The second-order valence-corrected chi connectivity index (χ2v) is 5.68. The Kier molecular flexibility index (Phi) is 4.58. The molecule has 1 aliphatic rings. The van der Waals surface area contributed by atoms with E-state index in [0.717, 1.165) is 16.4 Å². The molecular formula is C14H16BrNO3. The maximum Gasteiger partial charge on any atom is 0.338 e. The van der Waals surface area contributed by atoms with Crippen molar-refractivity contribution in [2.24, 2.45) is 0 Å². The van der Waals surface area contributed by atoms with E-state index >= 15 is 0 Å². The Morgan fingerprint density at radius 1 is 1.37 bits per heavy atom. The van der Waals surface area contributed by atoms with E-state index in [1.165, 1.54) is 0 Å². The fourth-order valence-electron chi connectivity index (χ4n) is 2.17. The zero-order chi connectivity index (χ0) is 13.8. The molecule has 0 radical (unpaired) electrons. The molecule has 0 unspecified atom stereocenters. The number of benzene rings is 1. The monoisotopic (exact) mass is 325 g/mol. The highest BCUT2D eigenvalue weighted by Crippen LogP contribution is 2.19.